The van der Waals surface area contributed by atoms with E-state index in [2.05, 4.69) is 42.4 Å². The Morgan fingerprint density at radius 2 is 2.08 bits per heavy atom. The average molecular weight is 503 g/mol. The minimum Gasteiger partial charge on any atom is -0.427 e. The van der Waals surface area contributed by atoms with Crippen molar-refractivity contribution in [3.63, 3.8) is 0 Å². The van der Waals surface area contributed by atoms with Crippen molar-refractivity contribution in [3.8, 4) is 0 Å². The molecule has 1 saturated carbocycles. The first-order chi connectivity index (χ1) is 18.0. The van der Waals surface area contributed by atoms with E-state index in [-0.39, 0.29) is 23.8 Å². The quantitative estimate of drug-likeness (QED) is 0.458. The SMILES string of the molecule is CCC/C=C1\OC(=O)C2=C1CC[C@H]1[C@@H]3CC[C@@]4(C(=C3Cc3cc[nH]c3)C(=O)O/C4=C\C[C@H](C)CNC)[C@@H]21. The van der Waals surface area contributed by atoms with Gasteiger partial charge in [-0.1, -0.05) is 25.8 Å². The zero-order valence-corrected chi connectivity index (χ0v) is 22.2. The van der Waals surface area contributed by atoms with Gasteiger partial charge < -0.3 is 19.8 Å². The number of carbonyl (C=O) groups is 2. The van der Waals surface area contributed by atoms with E-state index in [1.807, 2.05) is 19.4 Å². The van der Waals surface area contributed by atoms with Crippen molar-refractivity contribution in [2.45, 2.75) is 65.2 Å². The van der Waals surface area contributed by atoms with E-state index in [1.54, 1.807) is 0 Å². The number of unbranched alkanes of at least 4 members (excludes halogenated alkanes) is 1. The summed E-state index contributed by atoms with van der Waals surface area (Å²) in [5, 5.41) is 3.25. The third-order valence-corrected chi connectivity index (χ3v) is 9.40. The van der Waals surface area contributed by atoms with Crippen LogP contribution in [0, 0.1) is 29.1 Å². The van der Waals surface area contributed by atoms with Crippen molar-refractivity contribution in [2.75, 3.05) is 13.6 Å². The van der Waals surface area contributed by atoms with E-state index in [4.69, 9.17) is 9.47 Å². The van der Waals surface area contributed by atoms with E-state index >= 15 is 0 Å². The Labute approximate surface area is 219 Å². The molecule has 2 fully saturated rings. The summed E-state index contributed by atoms with van der Waals surface area (Å²) in [6.07, 6.45) is 15.4. The third kappa shape index (κ3) is 3.70. The van der Waals surface area contributed by atoms with E-state index in [1.165, 1.54) is 11.1 Å². The first kappa shape index (κ1) is 24.5. The molecule has 2 N–H and O–H groups in total. The van der Waals surface area contributed by atoms with Crippen LogP contribution in [0.5, 0.6) is 0 Å². The van der Waals surface area contributed by atoms with Gasteiger partial charge in [-0.25, -0.2) is 9.59 Å². The molecule has 4 aliphatic carbocycles. The molecule has 1 saturated heterocycles. The molecule has 0 amide bonds. The molecule has 7 rings (SSSR count). The van der Waals surface area contributed by atoms with Crippen molar-refractivity contribution in [1.82, 2.24) is 10.3 Å². The van der Waals surface area contributed by atoms with Crippen LogP contribution < -0.4 is 5.32 Å². The van der Waals surface area contributed by atoms with Gasteiger partial charge >= 0.3 is 11.9 Å². The normalized spacial score (nSPS) is 33.1. The highest BCUT2D eigenvalue weighted by atomic mass is 16.5. The first-order valence-electron chi connectivity index (χ1n) is 14.1. The fraction of sp³-hybridized carbons (Fsp3) is 0.548. The molecule has 0 radical (unpaired) electrons. The summed E-state index contributed by atoms with van der Waals surface area (Å²) in [5.41, 5.74) is 4.61. The van der Waals surface area contributed by atoms with Crippen molar-refractivity contribution in [1.29, 1.82) is 0 Å². The van der Waals surface area contributed by atoms with Crippen LogP contribution in [0.15, 0.2) is 64.4 Å². The van der Waals surface area contributed by atoms with E-state index in [0.29, 0.717) is 11.8 Å². The Kier molecular flexibility index (Phi) is 6.26. The van der Waals surface area contributed by atoms with Gasteiger partial charge in [-0.05, 0) is 100 Å². The highest BCUT2D eigenvalue weighted by molar-refractivity contribution is 6.00. The highest BCUT2D eigenvalue weighted by Crippen LogP contribution is 2.70. The molecule has 6 heteroatoms. The van der Waals surface area contributed by atoms with Crippen LogP contribution in [0.25, 0.3) is 0 Å². The summed E-state index contributed by atoms with van der Waals surface area (Å²) in [4.78, 5) is 30.3. The molecule has 5 atom stereocenters. The summed E-state index contributed by atoms with van der Waals surface area (Å²) in [6.45, 7) is 5.24. The molecule has 3 heterocycles. The number of allylic oxidation sites excluding steroid dienone is 5. The fourth-order valence-electron chi connectivity index (χ4n) is 7.99. The number of rotatable bonds is 8. The van der Waals surface area contributed by atoms with E-state index in [9.17, 15) is 9.59 Å². The molecule has 2 bridgehead atoms. The first-order valence-corrected chi connectivity index (χ1v) is 14.1. The van der Waals surface area contributed by atoms with Crippen molar-refractivity contribution < 1.29 is 19.1 Å². The second kappa shape index (κ2) is 9.46. The lowest BCUT2D eigenvalue weighted by molar-refractivity contribution is -0.135. The molecule has 1 aromatic rings. The van der Waals surface area contributed by atoms with Crippen LogP contribution in [0.2, 0.25) is 0 Å². The maximum Gasteiger partial charge on any atom is 0.340 e. The molecule has 6 nitrogen and oxygen atoms in total. The standard InChI is InChI=1S/C31H38N2O4/c1-4-5-6-24-22-9-8-21-20-11-13-31(27(21)26(22)29(34)36-24)25(10-7-18(2)16-32-3)37-30(35)28(31)23(20)15-19-12-14-33-17-19/h6,10,12,14,17-18,20-21,27,32-33H,4-5,7-9,11,13,15-16H2,1-3H3/b24-6-,25-10-/t18-,20-,21-,27+,31-/m0/s1. The number of hydrogen-bond acceptors (Lipinski definition) is 5. The number of aromatic nitrogens is 1. The predicted molar refractivity (Wildman–Crippen MR) is 141 cm³/mol. The topological polar surface area (TPSA) is 80.4 Å². The highest BCUT2D eigenvalue weighted by Gasteiger charge is 2.68. The number of cyclic esters (lactones) is 2. The van der Waals surface area contributed by atoms with Crippen LogP contribution in [-0.2, 0) is 25.5 Å². The molecular formula is C31H38N2O4. The predicted octanol–water partition coefficient (Wildman–Crippen LogP) is 5.51. The minimum absolute atomic E-state index is 0.0580. The number of ether oxygens (including phenoxy) is 2. The monoisotopic (exact) mass is 502 g/mol. The van der Waals surface area contributed by atoms with Crippen LogP contribution in [0.4, 0.5) is 0 Å². The number of carbonyl (C=O) groups excluding carboxylic acids is 2. The largest absolute Gasteiger partial charge is 0.427 e. The van der Waals surface area contributed by atoms with Crippen LogP contribution >= 0.6 is 0 Å². The molecular weight excluding hydrogens is 464 g/mol. The second-order valence-electron chi connectivity index (χ2n) is 11.6. The van der Waals surface area contributed by atoms with Gasteiger partial charge in [-0.15, -0.1) is 0 Å². The number of nitrogens with one attached hydrogen (secondary N) is 2. The van der Waals surface area contributed by atoms with Crippen molar-refractivity contribution >= 4 is 11.9 Å². The number of esters is 2. The summed E-state index contributed by atoms with van der Waals surface area (Å²) < 4.78 is 12.1. The van der Waals surface area contributed by atoms with Crippen molar-refractivity contribution in [3.05, 3.63) is 70.0 Å². The lowest BCUT2D eigenvalue weighted by atomic mass is 9.44. The molecule has 1 aromatic heterocycles. The second-order valence-corrected chi connectivity index (χ2v) is 11.6. The van der Waals surface area contributed by atoms with Gasteiger partial charge in [0.05, 0.1) is 11.0 Å². The lowest BCUT2D eigenvalue weighted by Crippen LogP contribution is -2.52. The van der Waals surface area contributed by atoms with Crippen LogP contribution in [0.3, 0.4) is 0 Å². The molecule has 37 heavy (non-hydrogen) atoms. The van der Waals surface area contributed by atoms with Gasteiger partial charge in [0, 0.05) is 29.5 Å². The Hall–Kier alpha value is -2.86. The van der Waals surface area contributed by atoms with Crippen LogP contribution in [0.1, 0.15) is 64.4 Å². The fourth-order valence-corrected chi connectivity index (χ4v) is 7.99. The number of fused-ring (bicyclic) bond motifs is 1. The molecule has 196 valence electrons. The Morgan fingerprint density at radius 1 is 1.22 bits per heavy atom. The molecule has 0 aromatic carbocycles. The zero-order valence-electron chi connectivity index (χ0n) is 22.2. The van der Waals surface area contributed by atoms with E-state index < -0.39 is 5.41 Å². The smallest absolute Gasteiger partial charge is 0.340 e. The Bertz CT molecular complexity index is 1230. The summed E-state index contributed by atoms with van der Waals surface area (Å²) >= 11 is 0. The van der Waals surface area contributed by atoms with Gasteiger partial charge in [-0.3, -0.25) is 0 Å². The summed E-state index contributed by atoms with van der Waals surface area (Å²) in [6, 6.07) is 2.09. The Morgan fingerprint density at radius 3 is 2.84 bits per heavy atom. The van der Waals surface area contributed by atoms with Crippen LogP contribution in [-0.4, -0.2) is 30.5 Å². The number of aromatic amines is 1. The van der Waals surface area contributed by atoms with Gasteiger partial charge in [-0.2, -0.15) is 0 Å². The van der Waals surface area contributed by atoms with Gasteiger partial charge in [0.15, 0.2) is 0 Å². The maximum atomic E-state index is 13.7. The average Bonchev–Trinajstić information content (AvgIpc) is 3.59. The van der Waals surface area contributed by atoms with E-state index in [0.717, 1.165) is 86.1 Å². The number of H-pyrrole nitrogens is 1. The van der Waals surface area contributed by atoms with Crippen molar-refractivity contribution in [2.24, 2.45) is 29.1 Å². The van der Waals surface area contributed by atoms with Gasteiger partial charge in [0.2, 0.25) is 0 Å². The third-order valence-electron chi connectivity index (χ3n) is 9.40. The van der Waals surface area contributed by atoms with Gasteiger partial charge in [0.25, 0.3) is 0 Å². The van der Waals surface area contributed by atoms with Gasteiger partial charge in [0.1, 0.15) is 11.5 Å². The zero-order chi connectivity index (χ0) is 25.7. The molecule has 2 aliphatic heterocycles. The maximum absolute atomic E-state index is 13.7. The molecule has 0 unspecified atom stereocenters. The molecule has 6 aliphatic rings. The minimum atomic E-state index is -0.568. The summed E-state index contributed by atoms with van der Waals surface area (Å²) in [7, 11) is 1.96. The summed E-state index contributed by atoms with van der Waals surface area (Å²) in [5.74, 6) is 2.09. The lowest BCUT2D eigenvalue weighted by Gasteiger charge is -2.56. The number of hydrogen-bond donors (Lipinski definition) is 2. The molecule has 1 spiro atoms. The Balaban J connectivity index is 1.52.